The fraction of sp³-hybridized carbons (Fsp3) is 0.412. The first-order chi connectivity index (χ1) is 11.2. The molecule has 1 heterocycles. The largest absolute Gasteiger partial charge is 0.489 e. The summed E-state index contributed by atoms with van der Waals surface area (Å²) >= 11 is 0. The molecule has 1 aromatic carbocycles. The number of hydrogen-bond donors (Lipinski definition) is 2. The minimum absolute atomic E-state index is 0.0398. The molecule has 23 heavy (non-hydrogen) atoms. The lowest BCUT2D eigenvalue weighted by atomic mass is 10.3. The molecule has 0 spiro atoms. The molecule has 2 aromatic rings. The normalized spacial score (nSPS) is 12.7. The molecule has 0 fully saturated rings. The lowest BCUT2D eigenvalue weighted by molar-refractivity contribution is 0.224. The van der Waals surface area contributed by atoms with E-state index in [1.54, 1.807) is 6.20 Å². The number of rotatable bonds is 7. The van der Waals surface area contributed by atoms with Crippen LogP contribution >= 0.6 is 0 Å². The van der Waals surface area contributed by atoms with E-state index in [0.717, 1.165) is 23.9 Å². The fourth-order valence-corrected chi connectivity index (χ4v) is 2.07. The minimum atomic E-state index is 0.0398. The zero-order valence-corrected chi connectivity index (χ0v) is 14.0. The smallest absolute Gasteiger partial charge is 0.191 e. The number of aromatic nitrogens is 2. The van der Waals surface area contributed by atoms with Crippen molar-refractivity contribution < 1.29 is 4.74 Å². The zero-order valence-electron chi connectivity index (χ0n) is 14.0. The molecule has 2 rings (SSSR count). The van der Waals surface area contributed by atoms with Crippen molar-refractivity contribution in [1.29, 1.82) is 0 Å². The van der Waals surface area contributed by atoms with Gasteiger partial charge in [-0.15, -0.1) is 0 Å². The number of nitrogens with zero attached hydrogens (tertiary/aromatic N) is 3. The van der Waals surface area contributed by atoms with E-state index in [9.17, 15) is 0 Å². The Balaban J connectivity index is 1.85. The van der Waals surface area contributed by atoms with Gasteiger partial charge in [-0.25, -0.2) is 4.99 Å². The molecule has 1 unspecified atom stereocenters. The fourth-order valence-electron chi connectivity index (χ4n) is 2.07. The highest BCUT2D eigenvalue weighted by Gasteiger charge is 2.06. The number of nitrogens with one attached hydrogen (secondary N) is 2. The Hall–Kier alpha value is -2.50. The van der Waals surface area contributed by atoms with Gasteiger partial charge in [0.1, 0.15) is 11.9 Å². The van der Waals surface area contributed by atoms with Crippen LogP contribution in [0.4, 0.5) is 0 Å². The van der Waals surface area contributed by atoms with Crippen LogP contribution in [0.1, 0.15) is 19.5 Å². The van der Waals surface area contributed by atoms with Crippen LogP contribution in [0.2, 0.25) is 0 Å². The number of guanidine groups is 1. The third-order valence-electron chi connectivity index (χ3n) is 3.30. The summed E-state index contributed by atoms with van der Waals surface area (Å²) in [5, 5.41) is 10.7. The SMILES string of the molecule is CCNC(=NCc1ccnn1C)NCC(C)Oc1ccccc1. The monoisotopic (exact) mass is 315 g/mol. The summed E-state index contributed by atoms with van der Waals surface area (Å²) in [6.45, 7) is 6.15. The molecule has 1 aromatic heterocycles. The number of aryl methyl sites for hydroxylation is 1. The molecular formula is C17H25N5O. The Kier molecular flexibility index (Phi) is 6.47. The van der Waals surface area contributed by atoms with Crippen LogP contribution in [-0.2, 0) is 13.6 Å². The van der Waals surface area contributed by atoms with Crippen molar-refractivity contribution in [2.45, 2.75) is 26.5 Å². The summed E-state index contributed by atoms with van der Waals surface area (Å²) in [5.41, 5.74) is 1.07. The summed E-state index contributed by atoms with van der Waals surface area (Å²) < 4.78 is 7.68. The molecule has 6 nitrogen and oxygen atoms in total. The van der Waals surface area contributed by atoms with Gasteiger partial charge < -0.3 is 15.4 Å². The molecule has 0 aliphatic carbocycles. The molecule has 0 aliphatic heterocycles. The summed E-state index contributed by atoms with van der Waals surface area (Å²) in [7, 11) is 1.92. The zero-order chi connectivity index (χ0) is 16.5. The molecule has 0 aliphatic rings. The van der Waals surface area contributed by atoms with Crippen molar-refractivity contribution >= 4 is 5.96 Å². The second-order valence-corrected chi connectivity index (χ2v) is 5.26. The minimum Gasteiger partial charge on any atom is -0.489 e. The lowest BCUT2D eigenvalue weighted by Crippen LogP contribution is -2.41. The van der Waals surface area contributed by atoms with Gasteiger partial charge in [0, 0.05) is 19.8 Å². The molecule has 0 saturated heterocycles. The maximum atomic E-state index is 5.85. The number of aliphatic imine (C=N–C) groups is 1. The number of hydrogen-bond acceptors (Lipinski definition) is 3. The van der Waals surface area contributed by atoms with E-state index in [0.29, 0.717) is 13.1 Å². The first kappa shape index (κ1) is 16.9. The number of para-hydroxylation sites is 1. The van der Waals surface area contributed by atoms with E-state index in [2.05, 4.69) is 20.7 Å². The summed E-state index contributed by atoms with van der Waals surface area (Å²) in [6, 6.07) is 11.8. The van der Waals surface area contributed by atoms with Gasteiger partial charge >= 0.3 is 0 Å². The van der Waals surface area contributed by atoms with E-state index in [1.807, 2.05) is 62.0 Å². The predicted octanol–water partition coefficient (Wildman–Crippen LogP) is 1.94. The standard InChI is InChI=1S/C17H25N5O/c1-4-18-17(20-13-15-10-11-21-22(15)3)19-12-14(2)23-16-8-6-5-7-9-16/h5-11,14H,4,12-13H2,1-3H3,(H2,18,19,20). The van der Waals surface area contributed by atoms with Crippen LogP contribution in [-0.4, -0.2) is 34.9 Å². The molecule has 0 amide bonds. The van der Waals surface area contributed by atoms with Crippen LogP contribution in [0.25, 0.3) is 0 Å². The second kappa shape index (κ2) is 8.82. The van der Waals surface area contributed by atoms with Gasteiger partial charge in [0.15, 0.2) is 5.96 Å². The summed E-state index contributed by atoms with van der Waals surface area (Å²) in [6.07, 6.45) is 1.82. The Morgan fingerprint density at radius 2 is 2.04 bits per heavy atom. The van der Waals surface area contributed by atoms with Crippen LogP contribution < -0.4 is 15.4 Å². The van der Waals surface area contributed by atoms with E-state index in [4.69, 9.17) is 4.74 Å². The van der Waals surface area contributed by atoms with Crippen molar-refractivity contribution in [2.75, 3.05) is 13.1 Å². The van der Waals surface area contributed by atoms with Gasteiger partial charge in [-0.2, -0.15) is 5.10 Å². The average molecular weight is 315 g/mol. The van der Waals surface area contributed by atoms with Gasteiger partial charge in [-0.1, -0.05) is 18.2 Å². The molecule has 124 valence electrons. The van der Waals surface area contributed by atoms with Crippen molar-refractivity contribution in [1.82, 2.24) is 20.4 Å². The molecule has 0 bridgehead atoms. The first-order valence-electron chi connectivity index (χ1n) is 7.89. The summed E-state index contributed by atoms with van der Waals surface area (Å²) in [5.74, 6) is 1.65. The molecular weight excluding hydrogens is 290 g/mol. The molecule has 6 heteroatoms. The van der Waals surface area contributed by atoms with Gasteiger partial charge in [-0.05, 0) is 32.0 Å². The van der Waals surface area contributed by atoms with Crippen LogP contribution in [0, 0.1) is 0 Å². The number of ether oxygens (including phenoxy) is 1. The first-order valence-corrected chi connectivity index (χ1v) is 7.89. The molecule has 0 saturated carbocycles. The van der Waals surface area contributed by atoms with E-state index in [-0.39, 0.29) is 6.10 Å². The Morgan fingerprint density at radius 1 is 1.26 bits per heavy atom. The average Bonchev–Trinajstić information content (AvgIpc) is 2.96. The van der Waals surface area contributed by atoms with E-state index in [1.165, 1.54) is 0 Å². The van der Waals surface area contributed by atoms with Crippen LogP contribution in [0.3, 0.4) is 0 Å². The van der Waals surface area contributed by atoms with Gasteiger partial charge in [0.05, 0.1) is 18.8 Å². The predicted molar refractivity (Wildman–Crippen MR) is 92.6 cm³/mol. The second-order valence-electron chi connectivity index (χ2n) is 5.26. The Morgan fingerprint density at radius 3 is 2.70 bits per heavy atom. The van der Waals surface area contributed by atoms with Crippen molar-refractivity contribution in [3.05, 3.63) is 48.3 Å². The maximum absolute atomic E-state index is 5.85. The molecule has 0 radical (unpaired) electrons. The van der Waals surface area contributed by atoms with Gasteiger partial charge in [-0.3, -0.25) is 4.68 Å². The third kappa shape index (κ3) is 5.65. The Labute approximate surface area is 137 Å². The van der Waals surface area contributed by atoms with Gasteiger partial charge in [0.2, 0.25) is 0 Å². The topological polar surface area (TPSA) is 63.5 Å². The van der Waals surface area contributed by atoms with E-state index >= 15 is 0 Å². The molecule has 1 atom stereocenters. The lowest BCUT2D eigenvalue weighted by Gasteiger charge is -2.17. The Bertz CT molecular complexity index is 608. The van der Waals surface area contributed by atoms with E-state index < -0.39 is 0 Å². The highest BCUT2D eigenvalue weighted by atomic mass is 16.5. The summed E-state index contributed by atoms with van der Waals surface area (Å²) in [4.78, 5) is 4.57. The van der Waals surface area contributed by atoms with Crippen LogP contribution in [0.5, 0.6) is 5.75 Å². The number of benzene rings is 1. The molecule has 2 N–H and O–H groups in total. The highest BCUT2D eigenvalue weighted by Crippen LogP contribution is 2.10. The highest BCUT2D eigenvalue weighted by molar-refractivity contribution is 5.79. The van der Waals surface area contributed by atoms with Crippen LogP contribution in [0.15, 0.2) is 47.6 Å². The third-order valence-corrected chi connectivity index (χ3v) is 3.30. The van der Waals surface area contributed by atoms with Crippen molar-refractivity contribution in [3.63, 3.8) is 0 Å². The van der Waals surface area contributed by atoms with Crippen molar-refractivity contribution in [3.8, 4) is 5.75 Å². The quantitative estimate of drug-likeness (QED) is 0.605. The maximum Gasteiger partial charge on any atom is 0.191 e. The van der Waals surface area contributed by atoms with Gasteiger partial charge in [0.25, 0.3) is 0 Å². The van der Waals surface area contributed by atoms with Crippen molar-refractivity contribution in [2.24, 2.45) is 12.0 Å².